The summed E-state index contributed by atoms with van der Waals surface area (Å²) < 4.78 is 3.40. The summed E-state index contributed by atoms with van der Waals surface area (Å²) in [6.07, 6.45) is 0. The quantitative estimate of drug-likeness (QED) is 0.385. The number of nitrogens with one attached hydrogen (secondary N) is 1. The molecule has 1 fully saturated rings. The van der Waals surface area contributed by atoms with Gasteiger partial charge in [0.25, 0.3) is 5.91 Å². The molecule has 1 aromatic heterocycles. The van der Waals surface area contributed by atoms with Crippen molar-refractivity contribution in [3.8, 4) is 5.69 Å². The second-order valence-electron chi connectivity index (χ2n) is 7.77. The molecule has 1 aliphatic rings. The van der Waals surface area contributed by atoms with Crippen LogP contribution in [0.25, 0.3) is 5.69 Å². The Morgan fingerprint density at radius 3 is 2.53 bits per heavy atom. The molecule has 4 rings (SSSR count). The first-order valence-electron chi connectivity index (χ1n) is 10.6. The van der Waals surface area contributed by atoms with Gasteiger partial charge in [-0.1, -0.05) is 53.4 Å². The van der Waals surface area contributed by atoms with E-state index >= 15 is 0 Å². The highest BCUT2D eigenvalue weighted by molar-refractivity contribution is 8.00. The van der Waals surface area contributed by atoms with Gasteiger partial charge in [-0.3, -0.25) is 9.69 Å². The number of hydrogen-bond acceptors (Lipinski definition) is 7. The first-order valence-corrected chi connectivity index (χ1v) is 12.9. The third kappa shape index (κ3) is 6.26. The van der Waals surface area contributed by atoms with Gasteiger partial charge in [0.1, 0.15) is 0 Å². The Balaban J connectivity index is 1.30. The van der Waals surface area contributed by atoms with E-state index in [2.05, 4.69) is 39.4 Å². The number of nitrogens with zero attached hydrogens (tertiary/aromatic N) is 4. The molecule has 168 valence electrons. The van der Waals surface area contributed by atoms with Gasteiger partial charge in [0.05, 0.1) is 5.69 Å². The van der Waals surface area contributed by atoms with Crippen LogP contribution in [0.1, 0.15) is 15.9 Å². The maximum atomic E-state index is 12.5. The topological polar surface area (TPSA) is 53.4 Å². The lowest BCUT2D eigenvalue weighted by atomic mass is 10.2. The molecule has 6 nitrogen and oxygen atoms in total. The molecule has 0 atom stereocenters. The van der Waals surface area contributed by atoms with Gasteiger partial charge in [0.2, 0.25) is 0 Å². The molecule has 32 heavy (non-hydrogen) atoms. The van der Waals surface area contributed by atoms with E-state index in [1.807, 2.05) is 42.5 Å². The standard InChI is InChI=1S/C23H27N5OS3/c1-26-13-15-27(16-14-26)12-11-24-21(29)19-7-9-20(10-8-19)28-23(30)32-22(25-28)31-17-18-5-3-2-4-6-18/h2-10H,11-17H2,1H3,(H,24,29). The van der Waals surface area contributed by atoms with E-state index in [1.54, 1.807) is 16.4 Å². The van der Waals surface area contributed by atoms with E-state index in [9.17, 15) is 4.79 Å². The Kier molecular flexibility index (Phi) is 8.10. The molecule has 1 aliphatic heterocycles. The van der Waals surface area contributed by atoms with Gasteiger partial charge in [-0.05, 0) is 49.1 Å². The van der Waals surface area contributed by atoms with Gasteiger partial charge in [-0.2, -0.15) is 0 Å². The third-order valence-corrected chi connectivity index (χ3v) is 7.85. The second-order valence-corrected chi connectivity index (χ2v) is 10.6. The van der Waals surface area contributed by atoms with Gasteiger partial charge >= 0.3 is 0 Å². The number of amides is 1. The number of likely N-dealkylation sites (N-methyl/N-ethyl adjacent to an activating group) is 1. The van der Waals surface area contributed by atoms with Crippen molar-refractivity contribution in [2.24, 2.45) is 0 Å². The van der Waals surface area contributed by atoms with E-state index in [-0.39, 0.29) is 5.91 Å². The first-order chi connectivity index (χ1) is 15.6. The molecule has 3 aromatic rings. The first kappa shape index (κ1) is 23.1. The van der Waals surface area contributed by atoms with Crippen LogP contribution in [-0.2, 0) is 5.75 Å². The molecule has 1 saturated heterocycles. The van der Waals surface area contributed by atoms with Crippen LogP contribution in [-0.4, -0.2) is 71.8 Å². The monoisotopic (exact) mass is 485 g/mol. The minimum Gasteiger partial charge on any atom is -0.351 e. The average molecular weight is 486 g/mol. The number of hydrogen-bond donors (Lipinski definition) is 1. The molecule has 0 radical (unpaired) electrons. The van der Waals surface area contributed by atoms with Crippen LogP contribution in [0.3, 0.4) is 0 Å². The number of rotatable bonds is 8. The minimum absolute atomic E-state index is 0.0494. The molecule has 9 heteroatoms. The van der Waals surface area contributed by atoms with Crippen LogP contribution in [0.2, 0.25) is 0 Å². The molecule has 0 saturated carbocycles. The van der Waals surface area contributed by atoms with Crippen molar-refractivity contribution < 1.29 is 4.79 Å². The molecule has 0 unspecified atom stereocenters. The predicted octanol–water partition coefficient (Wildman–Crippen LogP) is 3.93. The smallest absolute Gasteiger partial charge is 0.251 e. The van der Waals surface area contributed by atoms with Crippen molar-refractivity contribution in [1.82, 2.24) is 24.9 Å². The van der Waals surface area contributed by atoms with Gasteiger partial charge < -0.3 is 10.2 Å². The lowest BCUT2D eigenvalue weighted by Crippen LogP contribution is -2.46. The average Bonchev–Trinajstić information content (AvgIpc) is 3.20. The fraction of sp³-hybridized carbons (Fsp3) is 0.348. The molecule has 0 spiro atoms. The Bertz CT molecular complexity index is 1070. The zero-order valence-electron chi connectivity index (χ0n) is 18.1. The van der Waals surface area contributed by atoms with Crippen LogP contribution in [0.4, 0.5) is 0 Å². The van der Waals surface area contributed by atoms with E-state index in [1.165, 1.54) is 16.9 Å². The lowest BCUT2D eigenvalue weighted by Gasteiger charge is -2.32. The summed E-state index contributed by atoms with van der Waals surface area (Å²) >= 11 is 8.70. The normalized spacial score (nSPS) is 15.0. The lowest BCUT2D eigenvalue weighted by molar-refractivity contribution is 0.0941. The van der Waals surface area contributed by atoms with E-state index in [0.29, 0.717) is 16.1 Å². The second kappa shape index (κ2) is 11.2. The minimum atomic E-state index is -0.0494. The van der Waals surface area contributed by atoms with E-state index in [0.717, 1.165) is 48.5 Å². The maximum absolute atomic E-state index is 12.5. The highest BCUT2D eigenvalue weighted by atomic mass is 32.2. The Morgan fingerprint density at radius 2 is 1.81 bits per heavy atom. The number of carbonyl (C=O) groups is 1. The summed E-state index contributed by atoms with van der Waals surface area (Å²) in [5.74, 6) is 0.808. The summed E-state index contributed by atoms with van der Waals surface area (Å²) in [4.78, 5) is 17.2. The maximum Gasteiger partial charge on any atom is 0.251 e. The van der Waals surface area contributed by atoms with Crippen molar-refractivity contribution in [3.05, 3.63) is 69.7 Å². The predicted molar refractivity (Wildman–Crippen MR) is 135 cm³/mol. The van der Waals surface area contributed by atoms with Gasteiger partial charge in [0.15, 0.2) is 8.29 Å². The molecular formula is C23H27N5OS3. The highest BCUT2D eigenvalue weighted by Gasteiger charge is 2.14. The summed E-state index contributed by atoms with van der Waals surface area (Å²) in [6.45, 7) is 5.82. The van der Waals surface area contributed by atoms with Crippen LogP contribution >= 0.6 is 35.3 Å². The van der Waals surface area contributed by atoms with Gasteiger partial charge in [-0.25, -0.2) is 4.68 Å². The van der Waals surface area contributed by atoms with Crippen LogP contribution in [0.15, 0.2) is 58.9 Å². The van der Waals surface area contributed by atoms with E-state index in [4.69, 9.17) is 12.2 Å². The number of carbonyl (C=O) groups excluding carboxylic acids is 1. The molecule has 2 heterocycles. The molecule has 2 aromatic carbocycles. The molecular weight excluding hydrogens is 458 g/mol. The largest absolute Gasteiger partial charge is 0.351 e. The number of piperazine rings is 1. The third-order valence-electron chi connectivity index (χ3n) is 5.42. The number of benzene rings is 2. The number of aromatic nitrogens is 2. The number of thioether (sulfide) groups is 1. The van der Waals surface area contributed by atoms with Crippen molar-refractivity contribution in [1.29, 1.82) is 0 Å². The Labute approximate surface area is 202 Å². The fourth-order valence-electron chi connectivity index (χ4n) is 3.46. The Morgan fingerprint density at radius 1 is 1.09 bits per heavy atom. The van der Waals surface area contributed by atoms with Crippen LogP contribution in [0, 0.1) is 3.95 Å². The molecule has 0 aliphatic carbocycles. The highest BCUT2D eigenvalue weighted by Crippen LogP contribution is 2.27. The van der Waals surface area contributed by atoms with Gasteiger partial charge in [-0.15, -0.1) is 5.10 Å². The summed E-state index contributed by atoms with van der Waals surface area (Å²) in [5.41, 5.74) is 2.77. The summed E-state index contributed by atoms with van der Waals surface area (Å²) in [5, 5.41) is 7.69. The fourth-order valence-corrected chi connectivity index (χ4v) is 5.77. The van der Waals surface area contributed by atoms with Crippen LogP contribution in [0.5, 0.6) is 0 Å². The SMILES string of the molecule is CN1CCN(CCNC(=O)c2ccc(-n3nc(SCc4ccccc4)sc3=S)cc2)CC1. The van der Waals surface area contributed by atoms with Crippen molar-refractivity contribution >= 4 is 41.2 Å². The zero-order valence-corrected chi connectivity index (χ0v) is 20.5. The molecule has 0 bridgehead atoms. The summed E-state index contributed by atoms with van der Waals surface area (Å²) in [6, 6.07) is 17.8. The Hall–Kier alpha value is -2.04. The zero-order chi connectivity index (χ0) is 22.3. The molecule has 1 amide bonds. The van der Waals surface area contributed by atoms with Crippen LogP contribution < -0.4 is 5.32 Å². The van der Waals surface area contributed by atoms with Crippen molar-refractivity contribution in [2.45, 2.75) is 10.1 Å². The van der Waals surface area contributed by atoms with Crippen molar-refractivity contribution in [2.75, 3.05) is 46.3 Å². The van der Waals surface area contributed by atoms with Crippen molar-refractivity contribution in [3.63, 3.8) is 0 Å². The summed E-state index contributed by atoms with van der Waals surface area (Å²) in [7, 11) is 2.14. The van der Waals surface area contributed by atoms with E-state index < -0.39 is 0 Å². The van der Waals surface area contributed by atoms with Gasteiger partial charge in [0, 0.05) is 50.6 Å². The molecule has 1 N–H and O–H groups in total.